The third-order valence-corrected chi connectivity index (χ3v) is 4.05. The largest absolute Gasteiger partial charge is 0.493 e. The number of carbonyl (C=O) groups excluding carboxylic acids is 2. The first-order valence-corrected chi connectivity index (χ1v) is 9.27. The minimum atomic E-state index is -2.51. The molecular formula is C20H19F2NO4S. The van der Waals surface area contributed by atoms with Gasteiger partial charge in [-0.3, -0.25) is 4.79 Å². The van der Waals surface area contributed by atoms with Gasteiger partial charge in [-0.1, -0.05) is 30.0 Å². The molecule has 1 N–H and O–H groups in total. The summed E-state index contributed by atoms with van der Waals surface area (Å²) in [5.74, 6) is -3.08. The van der Waals surface area contributed by atoms with Crippen LogP contribution < -0.4 is 10.1 Å². The average molecular weight is 407 g/mol. The summed E-state index contributed by atoms with van der Waals surface area (Å²) in [7, 11) is 0. The lowest BCUT2D eigenvalue weighted by molar-refractivity contribution is -0.142. The molecule has 8 heteroatoms. The zero-order valence-electron chi connectivity index (χ0n) is 15.1. The van der Waals surface area contributed by atoms with E-state index in [1.54, 1.807) is 18.2 Å². The Morgan fingerprint density at radius 3 is 2.54 bits per heavy atom. The maximum absolute atomic E-state index is 12.3. The summed E-state index contributed by atoms with van der Waals surface area (Å²) >= 11 is 0.416. The maximum atomic E-state index is 12.3. The molecule has 5 nitrogen and oxygen atoms in total. The molecule has 2 aromatic rings. The van der Waals surface area contributed by atoms with E-state index in [1.165, 1.54) is 30.3 Å². The molecule has 1 amide bonds. The number of hydrogen-bond acceptors (Lipinski definition) is 5. The van der Waals surface area contributed by atoms with Gasteiger partial charge in [-0.05, 0) is 43.3 Å². The Balaban J connectivity index is 1.81. The molecule has 0 heterocycles. The number of benzene rings is 2. The van der Waals surface area contributed by atoms with Crippen LogP contribution in [0.5, 0.6) is 5.75 Å². The lowest BCUT2D eigenvalue weighted by Gasteiger charge is -2.07. The van der Waals surface area contributed by atoms with Gasteiger partial charge in [0.15, 0.2) is 6.61 Å². The lowest BCUT2D eigenvalue weighted by atomic mass is 10.2. The van der Waals surface area contributed by atoms with Crippen molar-refractivity contribution in [3.05, 3.63) is 60.2 Å². The fourth-order valence-electron chi connectivity index (χ4n) is 2.16. The summed E-state index contributed by atoms with van der Waals surface area (Å²) in [5.41, 5.74) is 1.13. The third kappa shape index (κ3) is 7.40. The molecular weight excluding hydrogens is 388 g/mol. The molecule has 0 aliphatic heterocycles. The molecule has 148 valence electrons. The Morgan fingerprint density at radius 2 is 1.86 bits per heavy atom. The van der Waals surface area contributed by atoms with E-state index < -0.39 is 24.2 Å². The van der Waals surface area contributed by atoms with Crippen LogP contribution >= 0.6 is 11.8 Å². The van der Waals surface area contributed by atoms with Gasteiger partial charge < -0.3 is 14.8 Å². The number of anilines is 1. The van der Waals surface area contributed by atoms with Gasteiger partial charge in [-0.25, -0.2) is 4.79 Å². The van der Waals surface area contributed by atoms with Crippen LogP contribution in [0.25, 0.3) is 6.08 Å². The average Bonchev–Trinajstić information content (AvgIpc) is 2.67. The number of hydrogen-bond donors (Lipinski definition) is 1. The fourth-order valence-corrected chi connectivity index (χ4v) is 2.66. The number of thioether (sulfide) groups is 1. The summed E-state index contributed by atoms with van der Waals surface area (Å²) in [6.07, 6.45) is 2.76. The molecule has 0 aliphatic rings. The topological polar surface area (TPSA) is 64.6 Å². The second-order valence-electron chi connectivity index (χ2n) is 5.36. The highest BCUT2D eigenvalue weighted by atomic mass is 32.2. The lowest BCUT2D eigenvalue weighted by Crippen LogP contribution is -2.20. The predicted molar refractivity (Wildman–Crippen MR) is 105 cm³/mol. The number of rotatable bonds is 9. The van der Waals surface area contributed by atoms with Crippen molar-refractivity contribution >= 4 is 35.4 Å². The maximum Gasteiger partial charge on any atom is 0.331 e. The third-order valence-electron chi connectivity index (χ3n) is 3.33. The first-order chi connectivity index (χ1) is 13.5. The van der Waals surface area contributed by atoms with E-state index in [4.69, 9.17) is 9.47 Å². The number of ether oxygens (including phenoxy) is 2. The molecule has 0 saturated carbocycles. The Kier molecular flexibility index (Phi) is 8.48. The van der Waals surface area contributed by atoms with Crippen molar-refractivity contribution < 1.29 is 27.8 Å². The molecule has 0 saturated heterocycles. The number of carbonyl (C=O) groups is 2. The van der Waals surface area contributed by atoms with Crippen LogP contribution in [-0.2, 0) is 14.3 Å². The van der Waals surface area contributed by atoms with Gasteiger partial charge in [-0.15, -0.1) is 0 Å². The standard InChI is InChI=1S/C20H19F2NO4S/c1-2-26-17-6-4-3-5-14(17)7-12-19(25)27-13-18(24)23-15-8-10-16(11-9-15)28-20(21)22/h3-12,20H,2,13H2,1H3,(H,23,24)/b12-7+. The van der Waals surface area contributed by atoms with Gasteiger partial charge in [0.05, 0.1) is 6.61 Å². The van der Waals surface area contributed by atoms with Gasteiger partial charge in [0.1, 0.15) is 5.75 Å². The molecule has 0 unspecified atom stereocenters. The summed E-state index contributed by atoms with van der Waals surface area (Å²) in [4.78, 5) is 24.0. The predicted octanol–water partition coefficient (Wildman–Crippen LogP) is 4.60. The van der Waals surface area contributed by atoms with E-state index in [0.29, 0.717) is 40.3 Å². The van der Waals surface area contributed by atoms with Crippen molar-refractivity contribution in [3.63, 3.8) is 0 Å². The SMILES string of the molecule is CCOc1ccccc1/C=C/C(=O)OCC(=O)Nc1ccc(SC(F)F)cc1. The fraction of sp³-hybridized carbons (Fsp3) is 0.200. The molecule has 0 spiro atoms. The normalized spacial score (nSPS) is 10.9. The summed E-state index contributed by atoms with van der Waals surface area (Å²) in [5, 5.41) is 2.52. The number of amides is 1. The van der Waals surface area contributed by atoms with Crippen molar-refractivity contribution in [3.8, 4) is 5.75 Å². The summed E-state index contributed by atoms with van der Waals surface area (Å²) in [6.45, 7) is 1.89. The quantitative estimate of drug-likeness (QED) is 0.374. The van der Waals surface area contributed by atoms with Crippen LogP contribution in [0.15, 0.2) is 59.5 Å². The van der Waals surface area contributed by atoms with Crippen molar-refractivity contribution in [1.29, 1.82) is 0 Å². The zero-order valence-corrected chi connectivity index (χ0v) is 15.9. The molecule has 0 atom stereocenters. The Hall–Kier alpha value is -2.87. The summed E-state index contributed by atoms with van der Waals surface area (Å²) in [6, 6.07) is 13.1. The van der Waals surface area contributed by atoms with Crippen LogP contribution in [0.1, 0.15) is 12.5 Å². The summed E-state index contributed by atoms with van der Waals surface area (Å²) < 4.78 is 34.9. The van der Waals surface area contributed by atoms with E-state index >= 15 is 0 Å². The first kappa shape index (κ1) is 21.4. The minimum absolute atomic E-state index is 0.386. The van der Waals surface area contributed by atoms with Crippen molar-refractivity contribution in [2.75, 3.05) is 18.5 Å². The Bertz CT molecular complexity index is 825. The highest BCUT2D eigenvalue weighted by Gasteiger charge is 2.08. The van der Waals surface area contributed by atoms with E-state index in [0.717, 1.165) is 0 Å². The molecule has 0 fully saturated rings. The van der Waals surface area contributed by atoms with E-state index in [-0.39, 0.29) is 0 Å². The highest BCUT2D eigenvalue weighted by Crippen LogP contribution is 2.26. The molecule has 0 radical (unpaired) electrons. The highest BCUT2D eigenvalue weighted by molar-refractivity contribution is 7.99. The van der Waals surface area contributed by atoms with E-state index in [1.807, 2.05) is 19.1 Å². The molecule has 2 rings (SSSR count). The smallest absolute Gasteiger partial charge is 0.331 e. The first-order valence-electron chi connectivity index (χ1n) is 8.39. The zero-order chi connectivity index (χ0) is 20.4. The van der Waals surface area contributed by atoms with Crippen LogP contribution in [-0.4, -0.2) is 30.8 Å². The van der Waals surface area contributed by atoms with Gasteiger partial charge >= 0.3 is 5.97 Å². The van der Waals surface area contributed by atoms with Gasteiger partial charge in [0.2, 0.25) is 0 Å². The van der Waals surface area contributed by atoms with Crippen LogP contribution in [0.3, 0.4) is 0 Å². The number of halogens is 2. The number of esters is 1. The van der Waals surface area contributed by atoms with Crippen molar-refractivity contribution in [1.82, 2.24) is 0 Å². The Labute approximate surface area is 165 Å². The monoisotopic (exact) mass is 407 g/mol. The van der Waals surface area contributed by atoms with Gasteiger partial charge in [0.25, 0.3) is 11.7 Å². The van der Waals surface area contributed by atoms with E-state index in [9.17, 15) is 18.4 Å². The van der Waals surface area contributed by atoms with Crippen LogP contribution in [0.2, 0.25) is 0 Å². The second kappa shape index (κ2) is 11.1. The minimum Gasteiger partial charge on any atom is -0.493 e. The number of para-hydroxylation sites is 1. The van der Waals surface area contributed by atoms with Gasteiger partial charge in [0, 0.05) is 22.2 Å². The number of alkyl halides is 2. The van der Waals surface area contributed by atoms with Crippen molar-refractivity contribution in [2.45, 2.75) is 17.6 Å². The number of nitrogens with one attached hydrogen (secondary N) is 1. The molecule has 0 aromatic heterocycles. The Morgan fingerprint density at radius 1 is 1.14 bits per heavy atom. The van der Waals surface area contributed by atoms with Crippen molar-refractivity contribution in [2.24, 2.45) is 0 Å². The molecule has 0 bridgehead atoms. The van der Waals surface area contributed by atoms with E-state index in [2.05, 4.69) is 5.32 Å². The molecule has 0 aliphatic carbocycles. The van der Waals surface area contributed by atoms with Crippen LogP contribution in [0, 0.1) is 0 Å². The van der Waals surface area contributed by atoms with Crippen LogP contribution in [0.4, 0.5) is 14.5 Å². The molecule has 28 heavy (non-hydrogen) atoms. The molecule has 2 aromatic carbocycles. The van der Waals surface area contributed by atoms with Gasteiger partial charge in [-0.2, -0.15) is 8.78 Å². The second-order valence-corrected chi connectivity index (χ2v) is 6.43.